The fourth-order valence-corrected chi connectivity index (χ4v) is 3.76. The van der Waals surface area contributed by atoms with Crippen molar-refractivity contribution in [3.63, 3.8) is 0 Å². The van der Waals surface area contributed by atoms with Crippen LogP contribution in [0.25, 0.3) is 6.08 Å². The number of esters is 1. The smallest absolute Gasteiger partial charge is 0.343 e. The molecule has 0 aliphatic carbocycles. The normalized spacial score (nSPS) is 14.3. The average molecular weight is 580 g/mol. The number of rotatable bonds is 7. The molecule has 0 spiro atoms. The summed E-state index contributed by atoms with van der Waals surface area (Å²) in [5.41, 5.74) is 0.275. The third kappa shape index (κ3) is 5.60. The van der Waals surface area contributed by atoms with Crippen molar-refractivity contribution in [3.8, 4) is 11.5 Å². The van der Waals surface area contributed by atoms with Gasteiger partial charge in [-0.3, -0.25) is 25.0 Å². The van der Waals surface area contributed by atoms with Gasteiger partial charge in [0.15, 0.2) is 11.5 Å². The van der Waals surface area contributed by atoms with Crippen molar-refractivity contribution in [1.82, 2.24) is 5.32 Å². The van der Waals surface area contributed by atoms with Crippen LogP contribution < -0.4 is 19.7 Å². The summed E-state index contributed by atoms with van der Waals surface area (Å²) in [6.07, 6.45) is 1.29. The lowest BCUT2D eigenvalue weighted by Crippen LogP contribution is -2.54. The number of carbonyl (C=O) groups is 4. The summed E-state index contributed by atoms with van der Waals surface area (Å²) in [5.74, 6) is -2.23. The van der Waals surface area contributed by atoms with Crippen LogP contribution in [0.2, 0.25) is 0 Å². The fourth-order valence-electron chi connectivity index (χ4n) is 3.49. The standard InChI is InChI=1S/C26H18BrN3O8/c1-2-37-22-14-15(3-12-21(22)38-25(33)16-4-8-19(9-5-16)30(35)36)13-20-23(31)28-26(34)29(24(20)32)18-10-6-17(27)7-11-18/h3-14H,2H2,1H3,(H,28,31,34)/b20-13+. The number of carbonyl (C=O) groups excluding carboxylic acids is 4. The van der Waals surface area contributed by atoms with Gasteiger partial charge in [0.1, 0.15) is 5.57 Å². The van der Waals surface area contributed by atoms with E-state index < -0.39 is 28.7 Å². The van der Waals surface area contributed by atoms with Gasteiger partial charge < -0.3 is 9.47 Å². The summed E-state index contributed by atoms with van der Waals surface area (Å²) >= 11 is 3.29. The molecule has 0 atom stereocenters. The molecule has 12 heteroatoms. The highest BCUT2D eigenvalue weighted by molar-refractivity contribution is 9.10. The Labute approximate surface area is 223 Å². The van der Waals surface area contributed by atoms with Crippen LogP contribution in [-0.2, 0) is 9.59 Å². The molecule has 1 N–H and O–H groups in total. The molecule has 3 aromatic carbocycles. The molecule has 1 fully saturated rings. The molecular formula is C26H18BrN3O8. The number of benzene rings is 3. The van der Waals surface area contributed by atoms with Crippen LogP contribution in [0, 0.1) is 10.1 Å². The number of nitro groups is 1. The zero-order valence-electron chi connectivity index (χ0n) is 19.7. The molecule has 1 heterocycles. The molecular weight excluding hydrogens is 562 g/mol. The van der Waals surface area contributed by atoms with Crippen LogP contribution >= 0.6 is 15.9 Å². The van der Waals surface area contributed by atoms with E-state index in [0.29, 0.717) is 5.56 Å². The van der Waals surface area contributed by atoms with Gasteiger partial charge in [0.2, 0.25) is 0 Å². The molecule has 0 unspecified atom stereocenters. The number of urea groups is 1. The van der Waals surface area contributed by atoms with Gasteiger partial charge in [-0.2, -0.15) is 0 Å². The minimum atomic E-state index is -0.872. The molecule has 3 aromatic rings. The topological polar surface area (TPSA) is 145 Å². The lowest BCUT2D eigenvalue weighted by molar-refractivity contribution is -0.384. The first kappa shape index (κ1) is 26.2. The van der Waals surface area contributed by atoms with Crippen molar-refractivity contribution >= 4 is 57.2 Å². The number of nitro benzene ring substituents is 1. The van der Waals surface area contributed by atoms with Crippen LogP contribution in [0.5, 0.6) is 11.5 Å². The van der Waals surface area contributed by atoms with E-state index in [1.165, 1.54) is 48.5 Å². The number of hydrogen-bond donors (Lipinski definition) is 1. The van der Waals surface area contributed by atoms with E-state index in [1.807, 2.05) is 0 Å². The van der Waals surface area contributed by atoms with Crippen molar-refractivity contribution < 1.29 is 33.6 Å². The predicted molar refractivity (Wildman–Crippen MR) is 139 cm³/mol. The Balaban J connectivity index is 1.61. The Kier molecular flexibility index (Phi) is 7.63. The van der Waals surface area contributed by atoms with E-state index in [2.05, 4.69) is 21.2 Å². The Hall–Kier alpha value is -4.84. The number of nitrogens with one attached hydrogen (secondary N) is 1. The first-order valence-corrected chi connectivity index (χ1v) is 11.9. The highest BCUT2D eigenvalue weighted by Gasteiger charge is 2.36. The van der Waals surface area contributed by atoms with E-state index in [-0.39, 0.29) is 40.6 Å². The second kappa shape index (κ2) is 11.0. The van der Waals surface area contributed by atoms with Crippen molar-refractivity contribution in [2.24, 2.45) is 0 Å². The highest BCUT2D eigenvalue weighted by Crippen LogP contribution is 2.31. The number of non-ortho nitro benzene ring substituents is 1. The Morgan fingerprint density at radius 3 is 2.34 bits per heavy atom. The quantitative estimate of drug-likeness (QED) is 0.106. The maximum absolute atomic E-state index is 13.1. The maximum Gasteiger partial charge on any atom is 0.343 e. The lowest BCUT2D eigenvalue weighted by atomic mass is 10.1. The fraction of sp³-hybridized carbons (Fsp3) is 0.0769. The summed E-state index contributed by atoms with van der Waals surface area (Å²) in [6.45, 7) is 1.93. The summed E-state index contributed by atoms with van der Waals surface area (Å²) in [6, 6.07) is 14.8. The zero-order valence-corrected chi connectivity index (χ0v) is 21.3. The Bertz CT molecular complexity index is 1480. The number of nitrogens with zero attached hydrogens (tertiary/aromatic N) is 2. The third-order valence-electron chi connectivity index (χ3n) is 5.28. The van der Waals surface area contributed by atoms with Gasteiger partial charge in [-0.1, -0.05) is 22.0 Å². The number of amides is 4. The number of anilines is 1. The van der Waals surface area contributed by atoms with Crippen molar-refractivity contribution in [1.29, 1.82) is 0 Å². The van der Waals surface area contributed by atoms with Crippen LogP contribution in [0.3, 0.4) is 0 Å². The number of imide groups is 2. The van der Waals surface area contributed by atoms with Gasteiger partial charge in [0.25, 0.3) is 17.5 Å². The number of halogens is 1. The molecule has 11 nitrogen and oxygen atoms in total. The lowest BCUT2D eigenvalue weighted by Gasteiger charge is -2.26. The van der Waals surface area contributed by atoms with Gasteiger partial charge in [-0.05, 0) is 67.1 Å². The monoisotopic (exact) mass is 579 g/mol. The first-order chi connectivity index (χ1) is 18.2. The highest BCUT2D eigenvalue weighted by atomic mass is 79.9. The molecule has 0 saturated carbocycles. The third-order valence-corrected chi connectivity index (χ3v) is 5.81. The van der Waals surface area contributed by atoms with E-state index in [0.717, 1.165) is 9.37 Å². The van der Waals surface area contributed by atoms with Gasteiger partial charge in [-0.25, -0.2) is 14.5 Å². The van der Waals surface area contributed by atoms with Gasteiger partial charge >= 0.3 is 12.0 Å². The SMILES string of the molecule is CCOc1cc(/C=C2\C(=O)NC(=O)N(c3ccc(Br)cc3)C2=O)ccc1OC(=O)c1ccc([N+](=O)[O-])cc1. The van der Waals surface area contributed by atoms with Crippen molar-refractivity contribution in [2.45, 2.75) is 6.92 Å². The summed E-state index contributed by atoms with van der Waals surface area (Å²) in [5, 5.41) is 13.0. The molecule has 1 aliphatic heterocycles. The largest absolute Gasteiger partial charge is 0.490 e. The zero-order chi connectivity index (χ0) is 27.4. The molecule has 4 rings (SSSR count). The van der Waals surface area contributed by atoms with E-state index in [1.54, 1.807) is 31.2 Å². The molecule has 4 amide bonds. The van der Waals surface area contributed by atoms with E-state index in [9.17, 15) is 29.3 Å². The van der Waals surface area contributed by atoms with Crippen LogP contribution in [0.1, 0.15) is 22.8 Å². The molecule has 0 radical (unpaired) electrons. The van der Waals surface area contributed by atoms with Crippen molar-refractivity contribution in [3.05, 3.63) is 98.0 Å². The Morgan fingerprint density at radius 1 is 1.03 bits per heavy atom. The molecule has 192 valence electrons. The number of ether oxygens (including phenoxy) is 2. The molecule has 0 aromatic heterocycles. The van der Waals surface area contributed by atoms with Crippen LogP contribution in [-0.4, -0.2) is 35.3 Å². The van der Waals surface area contributed by atoms with Gasteiger partial charge in [0, 0.05) is 16.6 Å². The summed E-state index contributed by atoms with van der Waals surface area (Å²) < 4.78 is 11.7. The number of barbiturate groups is 1. The molecule has 1 aliphatic rings. The number of hydrogen-bond acceptors (Lipinski definition) is 8. The van der Waals surface area contributed by atoms with E-state index in [4.69, 9.17) is 9.47 Å². The van der Waals surface area contributed by atoms with Gasteiger partial charge in [0.05, 0.1) is 22.8 Å². The second-order valence-corrected chi connectivity index (χ2v) is 8.68. The maximum atomic E-state index is 13.1. The van der Waals surface area contributed by atoms with Crippen molar-refractivity contribution in [2.75, 3.05) is 11.5 Å². The predicted octanol–water partition coefficient (Wildman–Crippen LogP) is 4.64. The summed E-state index contributed by atoms with van der Waals surface area (Å²) in [4.78, 5) is 61.6. The Morgan fingerprint density at radius 2 is 1.71 bits per heavy atom. The van der Waals surface area contributed by atoms with Gasteiger partial charge in [-0.15, -0.1) is 0 Å². The molecule has 38 heavy (non-hydrogen) atoms. The minimum Gasteiger partial charge on any atom is -0.490 e. The van der Waals surface area contributed by atoms with Crippen LogP contribution in [0.15, 0.2) is 76.8 Å². The van der Waals surface area contributed by atoms with Crippen LogP contribution in [0.4, 0.5) is 16.2 Å². The molecule has 1 saturated heterocycles. The van der Waals surface area contributed by atoms with E-state index >= 15 is 0 Å². The average Bonchev–Trinajstić information content (AvgIpc) is 2.89. The minimum absolute atomic E-state index is 0.0587. The summed E-state index contributed by atoms with van der Waals surface area (Å²) in [7, 11) is 0. The second-order valence-electron chi connectivity index (χ2n) is 7.77. The molecule has 0 bridgehead atoms. The first-order valence-electron chi connectivity index (χ1n) is 11.1.